The van der Waals surface area contributed by atoms with Crippen LogP contribution in [0.2, 0.25) is 0 Å². The molecule has 0 spiro atoms. The summed E-state index contributed by atoms with van der Waals surface area (Å²) in [6.07, 6.45) is 1.55. The van der Waals surface area contributed by atoms with Crippen LogP contribution in [0, 0.1) is 6.92 Å². The van der Waals surface area contributed by atoms with E-state index in [4.69, 9.17) is 19.9 Å². The van der Waals surface area contributed by atoms with Gasteiger partial charge < -0.3 is 24.8 Å². The maximum atomic E-state index is 11.9. The Bertz CT molecular complexity index is 756. The van der Waals surface area contributed by atoms with Gasteiger partial charge in [-0.3, -0.25) is 4.79 Å². The molecule has 0 bridgehead atoms. The fourth-order valence-corrected chi connectivity index (χ4v) is 2.98. The molecular formula is C18H26N4O6S. The second kappa shape index (κ2) is 12.6. The lowest BCUT2D eigenvalue weighted by molar-refractivity contribution is -0.116. The summed E-state index contributed by atoms with van der Waals surface area (Å²) < 4.78 is 14.6. The minimum atomic E-state index is -0.803. The number of allylic oxidation sites excluding steroid dienone is 1. The zero-order valence-electron chi connectivity index (χ0n) is 17.0. The Morgan fingerprint density at radius 1 is 1.24 bits per heavy atom. The predicted octanol–water partition coefficient (Wildman–Crippen LogP) is 3.01. The van der Waals surface area contributed by atoms with Crippen molar-refractivity contribution in [2.45, 2.75) is 40.7 Å². The third-order valence-corrected chi connectivity index (χ3v) is 4.63. The SMILES string of the molecule is CCOC(=O)OCC/C(SC(=O)OCC)=C(\C)N(C=O)Cc1cnc(C)nc1N. The number of aromatic nitrogens is 2. The number of aryl methyl sites for hydroxylation is 1. The number of hydrogen-bond donors (Lipinski definition) is 1. The standard InChI is InChI=1S/C18H26N4O6S/c1-5-26-17(24)28-8-7-15(29-18(25)27-6-2)12(3)22(11-23)10-14-9-20-13(4)21-16(14)19/h9,11H,5-8,10H2,1-4H3,(H2,19,20,21)/b15-12-. The quantitative estimate of drug-likeness (QED) is 0.439. The molecule has 29 heavy (non-hydrogen) atoms. The topological polar surface area (TPSA) is 134 Å². The Labute approximate surface area is 173 Å². The Kier molecular flexibility index (Phi) is 10.5. The number of ether oxygens (including phenoxy) is 3. The lowest BCUT2D eigenvalue weighted by atomic mass is 10.2. The van der Waals surface area contributed by atoms with Crippen LogP contribution in [-0.4, -0.2) is 52.6 Å². The van der Waals surface area contributed by atoms with E-state index >= 15 is 0 Å². The molecule has 10 nitrogen and oxygen atoms in total. The van der Waals surface area contributed by atoms with E-state index < -0.39 is 11.5 Å². The molecular weight excluding hydrogens is 400 g/mol. The molecule has 11 heteroatoms. The first-order valence-corrected chi connectivity index (χ1v) is 9.77. The first-order chi connectivity index (χ1) is 13.8. The van der Waals surface area contributed by atoms with Gasteiger partial charge in [0.25, 0.3) is 0 Å². The zero-order valence-corrected chi connectivity index (χ0v) is 17.8. The molecule has 1 heterocycles. The number of carbonyl (C=O) groups is 3. The Morgan fingerprint density at radius 2 is 1.93 bits per heavy atom. The average Bonchev–Trinajstić information content (AvgIpc) is 2.66. The van der Waals surface area contributed by atoms with Gasteiger partial charge in [-0.15, -0.1) is 0 Å². The number of rotatable bonds is 10. The second-order valence-electron chi connectivity index (χ2n) is 5.64. The molecule has 160 valence electrons. The molecule has 0 aliphatic rings. The van der Waals surface area contributed by atoms with Gasteiger partial charge in [-0.05, 0) is 39.5 Å². The molecule has 1 amide bonds. The number of nitrogens with zero attached hydrogens (tertiary/aromatic N) is 3. The number of nitrogens with two attached hydrogens (primary N) is 1. The van der Waals surface area contributed by atoms with Crippen molar-refractivity contribution in [3.63, 3.8) is 0 Å². The second-order valence-corrected chi connectivity index (χ2v) is 6.67. The van der Waals surface area contributed by atoms with E-state index in [1.807, 2.05) is 0 Å². The Balaban J connectivity index is 3.02. The first kappa shape index (κ1) is 24.2. The molecule has 2 N–H and O–H groups in total. The van der Waals surface area contributed by atoms with Crippen LogP contribution in [-0.2, 0) is 25.5 Å². The van der Waals surface area contributed by atoms with Gasteiger partial charge >= 0.3 is 11.5 Å². The summed E-state index contributed by atoms with van der Waals surface area (Å²) in [6.45, 7) is 7.23. The highest BCUT2D eigenvalue weighted by molar-refractivity contribution is 8.16. The number of anilines is 1. The van der Waals surface area contributed by atoms with E-state index in [1.54, 1.807) is 33.9 Å². The van der Waals surface area contributed by atoms with Crippen molar-refractivity contribution in [3.05, 3.63) is 28.2 Å². The van der Waals surface area contributed by atoms with Crippen molar-refractivity contribution < 1.29 is 28.6 Å². The highest BCUT2D eigenvalue weighted by atomic mass is 32.2. The first-order valence-electron chi connectivity index (χ1n) is 8.96. The van der Waals surface area contributed by atoms with Gasteiger partial charge in [0.1, 0.15) is 11.6 Å². The Morgan fingerprint density at radius 3 is 2.52 bits per heavy atom. The van der Waals surface area contributed by atoms with Crippen LogP contribution < -0.4 is 5.73 Å². The van der Waals surface area contributed by atoms with Crippen LogP contribution in [0.4, 0.5) is 15.4 Å². The van der Waals surface area contributed by atoms with E-state index in [9.17, 15) is 14.4 Å². The van der Waals surface area contributed by atoms with Crippen LogP contribution in [0.25, 0.3) is 0 Å². The van der Waals surface area contributed by atoms with E-state index in [1.165, 1.54) is 4.90 Å². The van der Waals surface area contributed by atoms with Crippen LogP contribution in [0.1, 0.15) is 38.6 Å². The molecule has 1 rings (SSSR count). The zero-order chi connectivity index (χ0) is 21.8. The maximum Gasteiger partial charge on any atom is 0.508 e. The molecule has 0 saturated carbocycles. The highest BCUT2D eigenvalue weighted by Gasteiger charge is 2.18. The van der Waals surface area contributed by atoms with Crippen molar-refractivity contribution in [1.82, 2.24) is 14.9 Å². The summed E-state index contributed by atoms with van der Waals surface area (Å²) in [4.78, 5) is 45.0. The average molecular weight is 426 g/mol. The van der Waals surface area contributed by atoms with Crippen molar-refractivity contribution in [2.75, 3.05) is 25.6 Å². The summed E-state index contributed by atoms with van der Waals surface area (Å²) in [5.41, 5.74) is 6.95. The number of hydrogen-bond acceptors (Lipinski definition) is 10. The molecule has 1 aromatic heterocycles. The van der Waals surface area contributed by atoms with Gasteiger partial charge in [0.05, 0.1) is 26.4 Å². The van der Waals surface area contributed by atoms with E-state index in [2.05, 4.69) is 9.97 Å². The van der Waals surface area contributed by atoms with Gasteiger partial charge in [-0.1, -0.05) is 0 Å². The van der Waals surface area contributed by atoms with E-state index in [-0.39, 0.29) is 38.6 Å². The smallest absolute Gasteiger partial charge is 0.458 e. The molecule has 0 saturated heterocycles. The third-order valence-electron chi connectivity index (χ3n) is 3.60. The van der Waals surface area contributed by atoms with Crippen molar-refractivity contribution in [1.29, 1.82) is 0 Å². The fraction of sp³-hybridized carbons (Fsp3) is 0.500. The number of thioether (sulfide) groups is 1. The molecule has 0 radical (unpaired) electrons. The predicted molar refractivity (Wildman–Crippen MR) is 108 cm³/mol. The van der Waals surface area contributed by atoms with Gasteiger partial charge in [0.15, 0.2) is 0 Å². The molecule has 0 fully saturated rings. The largest absolute Gasteiger partial charge is 0.508 e. The summed E-state index contributed by atoms with van der Waals surface area (Å²) in [5.74, 6) is 0.785. The van der Waals surface area contributed by atoms with Crippen molar-refractivity contribution in [3.8, 4) is 0 Å². The minimum Gasteiger partial charge on any atom is -0.458 e. The summed E-state index contributed by atoms with van der Waals surface area (Å²) in [6, 6.07) is 0. The lowest BCUT2D eigenvalue weighted by Crippen LogP contribution is -2.22. The normalized spacial score (nSPS) is 11.3. The van der Waals surface area contributed by atoms with Crippen molar-refractivity contribution in [2.24, 2.45) is 0 Å². The highest BCUT2D eigenvalue weighted by Crippen LogP contribution is 2.28. The van der Waals surface area contributed by atoms with Gasteiger partial charge in [0, 0.05) is 28.8 Å². The maximum absolute atomic E-state index is 11.9. The molecule has 0 unspecified atom stereocenters. The van der Waals surface area contributed by atoms with Crippen LogP contribution in [0.3, 0.4) is 0 Å². The molecule has 0 aliphatic heterocycles. The summed E-state index contributed by atoms with van der Waals surface area (Å²) in [7, 11) is 0. The van der Waals surface area contributed by atoms with Gasteiger partial charge in [-0.2, -0.15) is 0 Å². The minimum absolute atomic E-state index is 0.0274. The van der Waals surface area contributed by atoms with E-state index in [0.29, 0.717) is 28.4 Å². The molecule has 0 aromatic carbocycles. The van der Waals surface area contributed by atoms with Crippen molar-refractivity contribution >= 4 is 35.4 Å². The van der Waals surface area contributed by atoms with Crippen LogP contribution in [0.15, 0.2) is 16.8 Å². The fourth-order valence-electron chi connectivity index (χ4n) is 2.15. The molecule has 1 aromatic rings. The summed E-state index contributed by atoms with van der Waals surface area (Å²) >= 11 is 0.827. The number of carbonyl (C=O) groups excluding carboxylic acids is 3. The third kappa shape index (κ3) is 8.38. The number of amides is 1. The Hall–Kier alpha value is -2.82. The van der Waals surface area contributed by atoms with Crippen LogP contribution in [0.5, 0.6) is 0 Å². The van der Waals surface area contributed by atoms with Crippen LogP contribution >= 0.6 is 11.8 Å². The lowest BCUT2D eigenvalue weighted by Gasteiger charge is -2.22. The monoisotopic (exact) mass is 426 g/mol. The molecule has 0 atom stereocenters. The number of nitrogen functional groups attached to an aromatic ring is 1. The van der Waals surface area contributed by atoms with Gasteiger partial charge in [-0.25, -0.2) is 19.6 Å². The van der Waals surface area contributed by atoms with Gasteiger partial charge in [0.2, 0.25) is 6.41 Å². The van der Waals surface area contributed by atoms with E-state index in [0.717, 1.165) is 11.8 Å². The summed E-state index contributed by atoms with van der Waals surface area (Å²) in [5, 5.41) is -0.526. The molecule has 0 aliphatic carbocycles.